The fourth-order valence-electron chi connectivity index (χ4n) is 2.64. The fraction of sp³-hybridized carbons (Fsp3) is 0.400. The van der Waals surface area contributed by atoms with E-state index in [1.807, 2.05) is 6.33 Å². The molecule has 3 rings (SSSR count). The number of fused-ring (bicyclic) bond motifs is 1. The van der Waals surface area contributed by atoms with Crippen LogP contribution in [0.15, 0.2) is 30.7 Å². The van der Waals surface area contributed by atoms with Crippen LogP contribution in [0.4, 0.5) is 0 Å². The summed E-state index contributed by atoms with van der Waals surface area (Å²) < 4.78 is 12.7. The van der Waals surface area contributed by atoms with E-state index in [4.69, 9.17) is 9.47 Å². The molecular formula is C15H19N3O2. The van der Waals surface area contributed by atoms with E-state index in [2.05, 4.69) is 33.1 Å². The highest BCUT2D eigenvalue weighted by molar-refractivity contribution is 5.34. The van der Waals surface area contributed by atoms with Crippen molar-refractivity contribution in [2.45, 2.75) is 25.9 Å². The normalized spacial score (nSPS) is 13.9. The van der Waals surface area contributed by atoms with Gasteiger partial charge in [0.25, 0.3) is 0 Å². The second-order valence-corrected chi connectivity index (χ2v) is 4.96. The van der Waals surface area contributed by atoms with E-state index in [9.17, 15) is 0 Å². The molecule has 0 aliphatic carbocycles. The first-order valence-electron chi connectivity index (χ1n) is 6.69. The van der Waals surface area contributed by atoms with Gasteiger partial charge in [0, 0.05) is 33.9 Å². The van der Waals surface area contributed by atoms with Gasteiger partial charge in [-0.2, -0.15) is 0 Å². The van der Waals surface area contributed by atoms with Crippen LogP contribution in [0.2, 0.25) is 0 Å². The molecule has 0 atom stereocenters. The predicted octanol–water partition coefficient (Wildman–Crippen LogP) is 1.83. The summed E-state index contributed by atoms with van der Waals surface area (Å²) in [7, 11) is 3.26. The number of ether oxygens (including phenoxy) is 2. The third-order valence-corrected chi connectivity index (χ3v) is 3.67. The van der Waals surface area contributed by atoms with Crippen LogP contribution in [-0.2, 0) is 29.1 Å². The van der Waals surface area contributed by atoms with Crippen molar-refractivity contribution in [1.82, 2.24) is 14.9 Å². The van der Waals surface area contributed by atoms with Crippen LogP contribution in [0.25, 0.3) is 0 Å². The fourth-order valence-corrected chi connectivity index (χ4v) is 2.64. The molecule has 2 aromatic rings. The van der Waals surface area contributed by atoms with Gasteiger partial charge in [-0.3, -0.25) is 0 Å². The third kappa shape index (κ3) is 2.47. The van der Waals surface area contributed by atoms with Gasteiger partial charge in [-0.1, -0.05) is 18.2 Å². The van der Waals surface area contributed by atoms with Gasteiger partial charge < -0.3 is 19.4 Å². The van der Waals surface area contributed by atoms with Crippen LogP contribution in [0.5, 0.6) is 0 Å². The van der Waals surface area contributed by atoms with Crippen molar-refractivity contribution >= 4 is 0 Å². The maximum Gasteiger partial charge on any atom is 0.200 e. The Bertz CT molecular complexity index is 591. The highest BCUT2D eigenvalue weighted by Crippen LogP contribution is 2.21. The molecule has 20 heavy (non-hydrogen) atoms. The Balaban J connectivity index is 1.83. The Kier molecular flexibility index (Phi) is 3.82. The molecule has 0 spiro atoms. The number of nitrogens with one attached hydrogen (secondary N) is 1. The minimum atomic E-state index is -0.381. The molecule has 106 valence electrons. The van der Waals surface area contributed by atoms with Crippen LogP contribution in [0.3, 0.4) is 0 Å². The van der Waals surface area contributed by atoms with Crippen molar-refractivity contribution < 1.29 is 9.47 Å². The van der Waals surface area contributed by atoms with E-state index in [1.54, 1.807) is 20.4 Å². The van der Waals surface area contributed by atoms with E-state index in [1.165, 1.54) is 16.7 Å². The number of rotatable bonds is 5. The number of nitrogens with zero attached hydrogens (tertiary/aromatic N) is 2. The molecule has 5 heteroatoms. The van der Waals surface area contributed by atoms with Crippen molar-refractivity contribution in [2.75, 3.05) is 14.2 Å². The van der Waals surface area contributed by atoms with E-state index in [0.29, 0.717) is 0 Å². The molecule has 0 unspecified atom stereocenters. The first-order valence-corrected chi connectivity index (χ1v) is 6.69. The lowest BCUT2D eigenvalue weighted by Gasteiger charge is -2.16. The molecule has 2 heterocycles. The monoisotopic (exact) mass is 273 g/mol. The summed E-state index contributed by atoms with van der Waals surface area (Å²) in [5.41, 5.74) is 4.97. The zero-order valence-electron chi connectivity index (χ0n) is 11.8. The Morgan fingerprint density at radius 2 is 2.05 bits per heavy atom. The van der Waals surface area contributed by atoms with Gasteiger partial charge in [-0.15, -0.1) is 0 Å². The van der Waals surface area contributed by atoms with Gasteiger partial charge in [0.2, 0.25) is 0 Å². The summed E-state index contributed by atoms with van der Waals surface area (Å²) in [6, 6.07) is 6.63. The molecule has 1 N–H and O–H groups in total. The number of hydrogen-bond donors (Lipinski definition) is 1. The van der Waals surface area contributed by atoms with Crippen LogP contribution < -0.4 is 5.32 Å². The lowest BCUT2D eigenvalue weighted by atomic mass is 10.1. The maximum atomic E-state index is 5.30. The van der Waals surface area contributed by atoms with E-state index in [0.717, 1.165) is 25.3 Å². The first-order chi connectivity index (χ1) is 9.81. The lowest BCUT2D eigenvalue weighted by molar-refractivity contribution is -0.110. The Hall–Kier alpha value is -1.69. The van der Waals surface area contributed by atoms with Gasteiger partial charge in [-0.25, -0.2) is 4.98 Å². The molecule has 5 nitrogen and oxygen atoms in total. The average molecular weight is 273 g/mol. The van der Waals surface area contributed by atoms with Crippen molar-refractivity contribution in [3.63, 3.8) is 0 Å². The van der Waals surface area contributed by atoms with E-state index < -0.39 is 0 Å². The molecule has 0 amide bonds. The number of benzene rings is 1. The average Bonchev–Trinajstić information content (AvgIpc) is 3.09. The van der Waals surface area contributed by atoms with Crippen LogP contribution >= 0.6 is 0 Å². The summed E-state index contributed by atoms with van der Waals surface area (Å²) in [5, 5.41) is 3.36. The van der Waals surface area contributed by atoms with Gasteiger partial charge >= 0.3 is 0 Å². The summed E-state index contributed by atoms with van der Waals surface area (Å²) in [5.74, 6) is 0. The zero-order valence-corrected chi connectivity index (χ0v) is 11.8. The van der Waals surface area contributed by atoms with Crippen molar-refractivity contribution in [3.05, 3.63) is 53.1 Å². The first kappa shape index (κ1) is 13.3. The molecule has 0 saturated carbocycles. The van der Waals surface area contributed by atoms with Gasteiger partial charge in [0.05, 0.1) is 18.2 Å². The second-order valence-electron chi connectivity index (χ2n) is 4.96. The van der Waals surface area contributed by atoms with Crippen LogP contribution in [-0.4, -0.2) is 23.8 Å². The Labute approximate surface area is 118 Å². The standard InChI is InChI=1S/C15H19N3O2/c1-19-15(20-2)14-8-17-10-18(14)9-11-3-4-12-6-16-7-13(12)5-11/h3-5,8,10,15-16H,6-7,9H2,1-2H3. The van der Waals surface area contributed by atoms with Gasteiger partial charge in [0.1, 0.15) is 0 Å². The van der Waals surface area contributed by atoms with E-state index >= 15 is 0 Å². The van der Waals surface area contributed by atoms with Crippen LogP contribution in [0.1, 0.15) is 28.7 Å². The molecular weight excluding hydrogens is 254 g/mol. The van der Waals surface area contributed by atoms with Crippen molar-refractivity contribution in [1.29, 1.82) is 0 Å². The minimum Gasteiger partial charge on any atom is -0.350 e. The van der Waals surface area contributed by atoms with E-state index in [-0.39, 0.29) is 6.29 Å². The second kappa shape index (κ2) is 5.75. The highest BCUT2D eigenvalue weighted by Gasteiger charge is 2.15. The molecule has 0 bridgehead atoms. The molecule has 1 aliphatic heterocycles. The zero-order chi connectivity index (χ0) is 13.9. The SMILES string of the molecule is COC(OC)c1cncn1Cc1ccc2c(c1)CNC2. The minimum absolute atomic E-state index is 0.381. The quantitative estimate of drug-likeness (QED) is 0.844. The molecule has 0 radical (unpaired) electrons. The summed E-state index contributed by atoms with van der Waals surface area (Å²) in [4.78, 5) is 4.20. The van der Waals surface area contributed by atoms with Gasteiger partial charge in [-0.05, 0) is 16.7 Å². The smallest absolute Gasteiger partial charge is 0.200 e. The topological polar surface area (TPSA) is 48.3 Å². The molecule has 1 aliphatic rings. The summed E-state index contributed by atoms with van der Waals surface area (Å²) in [6.07, 6.45) is 3.21. The van der Waals surface area contributed by atoms with Crippen molar-refractivity contribution in [2.24, 2.45) is 0 Å². The highest BCUT2D eigenvalue weighted by atomic mass is 16.7. The number of imidazole rings is 1. The Morgan fingerprint density at radius 3 is 2.85 bits per heavy atom. The molecule has 0 saturated heterocycles. The molecule has 1 aromatic carbocycles. The maximum absolute atomic E-state index is 5.30. The number of methoxy groups -OCH3 is 2. The molecule has 1 aromatic heterocycles. The third-order valence-electron chi connectivity index (χ3n) is 3.67. The summed E-state index contributed by atoms with van der Waals surface area (Å²) in [6.45, 7) is 2.70. The molecule has 0 fully saturated rings. The number of hydrogen-bond acceptors (Lipinski definition) is 4. The van der Waals surface area contributed by atoms with Gasteiger partial charge in [0.15, 0.2) is 6.29 Å². The largest absolute Gasteiger partial charge is 0.350 e. The lowest BCUT2D eigenvalue weighted by Crippen LogP contribution is -2.11. The summed E-state index contributed by atoms with van der Waals surface area (Å²) >= 11 is 0. The van der Waals surface area contributed by atoms with Crippen LogP contribution in [0, 0.1) is 0 Å². The Morgan fingerprint density at radius 1 is 1.25 bits per heavy atom. The van der Waals surface area contributed by atoms with Crippen molar-refractivity contribution in [3.8, 4) is 0 Å². The predicted molar refractivity (Wildman–Crippen MR) is 75.1 cm³/mol. The number of aromatic nitrogens is 2.